The summed E-state index contributed by atoms with van der Waals surface area (Å²) in [6, 6.07) is 6.23. The van der Waals surface area contributed by atoms with Gasteiger partial charge in [-0.3, -0.25) is 9.59 Å². The molecule has 2 saturated heterocycles. The van der Waals surface area contributed by atoms with Crippen LogP contribution in [0.4, 0.5) is 4.39 Å². The summed E-state index contributed by atoms with van der Waals surface area (Å²) in [5.74, 6) is -0.220. The average Bonchev–Trinajstić information content (AvgIpc) is 2.63. The summed E-state index contributed by atoms with van der Waals surface area (Å²) in [5, 5.41) is 3.30. The first kappa shape index (κ1) is 17.9. The topological polar surface area (TPSA) is 52.7 Å². The van der Waals surface area contributed by atoms with Crippen molar-refractivity contribution in [2.24, 2.45) is 5.92 Å². The second kappa shape index (κ2) is 7.95. The molecule has 0 bridgehead atoms. The van der Waals surface area contributed by atoms with Gasteiger partial charge in [0.25, 0.3) is 0 Å². The van der Waals surface area contributed by atoms with Crippen molar-refractivity contribution in [1.82, 2.24) is 15.1 Å². The smallest absolute Gasteiger partial charge is 0.227 e. The highest BCUT2D eigenvalue weighted by atomic mass is 19.1. The minimum Gasteiger partial charge on any atom is -0.342 e. The molecule has 1 unspecified atom stereocenters. The zero-order chi connectivity index (χ0) is 17.8. The molecule has 2 atom stereocenters. The molecule has 5 nitrogen and oxygen atoms in total. The molecule has 2 fully saturated rings. The van der Waals surface area contributed by atoms with Crippen LogP contribution in [0.25, 0.3) is 0 Å². The first-order valence-corrected chi connectivity index (χ1v) is 9.08. The van der Waals surface area contributed by atoms with E-state index >= 15 is 0 Å². The Hall–Kier alpha value is -1.95. The molecule has 2 aliphatic heterocycles. The Morgan fingerprint density at radius 1 is 1.24 bits per heavy atom. The van der Waals surface area contributed by atoms with Gasteiger partial charge in [-0.05, 0) is 37.5 Å². The number of piperidine rings is 1. The normalized spacial score (nSPS) is 24.2. The number of piperazine rings is 1. The lowest BCUT2D eigenvalue weighted by Gasteiger charge is -2.39. The maximum Gasteiger partial charge on any atom is 0.227 e. The van der Waals surface area contributed by atoms with Gasteiger partial charge in [-0.2, -0.15) is 0 Å². The van der Waals surface area contributed by atoms with Crippen LogP contribution in [0.3, 0.4) is 0 Å². The fourth-order valence-corrected chi connectivity index (χ4v) is 3.70. The van der Waals surface area contributed by atoms with E-state index in [4.69, 9.17) is 0 Å². The quantitative estimate of drug-likeness (QED) is 0.900. The molecule has 1 aromatic rings. The lowest BCUT2D eigenvalue weighted by Crippen LogP contribution is -2.56. The predicted octanol–water partition coefficient (Wildman–Crippen LogP) is 1.43. The fraction of sp³-hybridized carbons (Fsp3) is 0.579. The Kier molecular flexibility index (Phi) is 5.68. The van der Waals surface area contributed by atoms with E-state index in [2.05, 4.69) is 12.2 Å². The van der Waals surface area contributed by atoms with Crippen molar-refractivity contribution < 1.29 is 14.0 Å². The number of carbonyl (C=O) groups excluding carboxylic acids is 2. The van der Waals surface area contributed by atoms with E-state index in [0.29, 0.717) is 13.1 Å². The molecular weight excluding hydrogens is 321 g/mol. The Balaban J connectivity index is 1.59. The second-order valence-corrected chi connectivity index (χ2v) is 7.07. The minimum atomic E-state index is -0.301. The Labute approximate surface area is 148 Å². The van der Waals surface area contributed by atoms with E-state index < -0.39 is 0 Å². The minimum absolute atomic E-state index is 0.0115. The van der Waals surface area contributed by atoms with E-state index in [-0.39, 0.29) is 36.0 Å². The van der Waals surface area contributed by atoms with Gasteiger partial charge in [0.1, 0.15) is 5.82 Å². The molecule has 2 heterocycles. The number of amides is 2. The first-order valence-electron chi connectivity index (χ1n) is 9.08. The Morgan fingerprint density at radius 2 is 2.00 bits per heavy atom. The summed E-state index contributed by atoms with van der Waals surface area (Å²) in [4.78, 5) is 29.2. The van der Waals surface area contributed by atoms with Gasteiger partial charge in [-0.15, -0.1) is 0 Å². The number of rotatable bonds is 3. The van der Waals surface area contributed by atoms with Crippen molar-refractivity contribution in [3.05, 3.63) is 35.6 Å². The van der Waals surface area contributed by atoms with Crippen molar-refractivity contribution in [3.63, 3.8) is 0 Å². The van der Waals surface area contributed by atoms with Crippen LogP contribution in [-0.2, 0) is 16.0 Å². The maximum atomic E-state index is 13.0. The molecule has 1 N–H and O–H groups in total. The average molecular weight is 347 g/mol. The van der Waals surface area contributed by atoms with Gasteiger partial charge in [-0.1, -0.05) is 12.1 Å². The summed E-state index contributed by atoms with van der Waals surface area (Å²) in [5.41, 5.74) is 0.801. The summed E-state index contributed by atoms with van der Waals surface area (Å²) < 4.78 is 13.0. The van der Waals surface area contributed by atoms with Gasteiger partial charge < -0.3 is 15.1 Å². The van der Waals surface area contributed by atoms with Crippen LogP contribution in [0.5, 0.6) is 0 Å². The molecular formula is C19H26FN3O2. The highest BCUT2D eigenvalue weighted by Gasteiger charge is 2.33. The number of hydrogen-bond donors (Lipinski definition) is 1. The molecule has 3 rings (SSSR count). The van der Waals surface area contributed by atoms with Crippen molar-refractivity contribution in [1.29, 1.82) is 0 Å². The van der Waals surface area contributed by atoms with Gasteiger partial charge in [0.15, 0.2) is 0 Å². The Bertz CT molecular complexity index is 620. The maximum absolute atomic E-state index is 13.0. The third kappa shape index (κ3) is 4.37. The van der Waals surface area contributed by atoms with Crippen LogP contribution in [-0.4, -0.2) is 60.4 Å². The lowest BCUT2D eigenvalue weighted by atomic mass is 9.95. The van der Waals surface area contributed by atoms with E-state index in [0.717, 1.165) is 38.0 Å². The van der Waals surface area contributed by atoms with E-state index in [1.54, 1.807) is 17.0 Å². The number of nitrogens with one attached hydrogen (secondary N) is 1. The monoisotopic (exact) mass is 347 g/mol. The number of hydrogen-bond acceptors (Lipinski definition) is 3. The van der Waals surface area contributed by atoms with Crippen LogP contribution in [0, 0.1) is 11.7 Å². The molecule has 0 saturated carbocycles. The third-order valence-corrected chi connectivity index (χ3v) is 5.18. The van der Waals surface area contributed by atoms with Gasteiger partial charge in [-0.25, -0.2) is 4.39 Å². The highest BCUT2D eigenvalue weighted by Crippen LogP contribution is 2.21. The van der Waals surface area contributed by atoms with Crippen LogP contribution in [0.15, 0.2) is 24.3 Å². The van der Waals surface area contributed by atoms with Crippen LogP contribution in [0.2, 0.25) is 0 Å². The second-order valence-electron chi connectivity index (χ2n) is 7.07. The zero-order valence-electron chi connectivity index (χ0n) is 14.7. The molecule has 6 heteroatoms. The van der Waals surface area contributed by atoms with Gasteiger partial charge in [0.05, 0.1) is 12.3 Å². The number of carbonyl (C=O) groups is 2. The first-order chi connectivity index (χ1) is 12.0. The highest BCUT2D eigenvalue weighted by molar-refractivity contribution is 5.82. The third-order valence-electron chi connectivity index (χ3n) is 5.18. The summed E-state index contributed by atoms with van der Waals surface area (Å²) >= 11 is 0. The van der Waals surface area contributed by atoms with Crippen molar-refractivity contribution in [2.75, 3.05) is 32.7 Å². The molecule has 0 aliphatic carbocycles. The predicted molar refractivity (Wildman–Crippen MR) is 93.5 cm³/mol. The van der Waals surface area contributed by atoms with Crippen LogP contribution < -0.4 is 5.32 Å². The lowest BCUT2D eigenvalue weighted by molar-refractivity contribution is -0.142. The van der Waals surface area contributed by atoms with E-state index in [1.165, 1.54) is 12.1 Å². The number of nitrogens with zero attached hydrogens (tertiary/aromatic N) is 2. The van der Waals surface area contributed by atoms with Crippen LogP contribution >= 0.6 is 0 Å². The summed E-state index contributed by atoms with van der Waals surface area (Å²) in [6.07, 6.45) is 1.95. The van der Waals surface area contributed by atoms with Gasteiger partial charge in [0, 0.05) is 38.8 Å². The fourth-order valence-electron chi connectivity index (χ4n) is 3.70. The number of benzene rings is 1. The zero-order valence-corrected chi connectivity index (χ0v) is 14.7. The molecule has 0 aromatic heterocycles. The SMILES string of the molecule is C[C@H]1CNCCN1C(=O)C1CCCN(C(=O)Cc2ccc(F)cc2)C1. The van der Waals surface area contributed by atoms with E-state index in [9.17, 15) is 14.0 Å². The molecule has 25 heavy (non-hydrogen) atoms. The molecule has 2 aliphatic rings. The number of halogens is 1. The van der Waals surface area contributed by atoms with E-state index in [1.807, 2.05) is 4.90 Å². The molecule has 136 valence electrons. The number of likely N-dealkylation sites (tertiary alicyclic amines) is 1. The molecule has 2 amide bonds. The molecule has 1 aromatic carbocycles. The molecule has 0 spiro atoms. The summed E-state index contributed by atoms with van der Waals surface area (Å²) in [6.45, 7) is 5.64. The van der Waals surface area contributed by atoms with Gasteiger partial charge in [0.2, 0.25) is 11.8 Å². The van der Waals surface area contributed by atoms with Crippen molar-refractivity contribution in [2.45, 2.75) is 32.2 Å². The summed E-state index contributed by atoms with van der Waals surface area (Å²) in [7, 11) is 0. The standard InChI is InChI=1S/C19H26FN3O2/c1-14-12-21-8-10-23(14)19(25)16-3-2-9-22(13-16)18(24)11-15-4-6-17(20)7-5-15/h4-7,14,16,21H,2-3,8-13H2,1H3/t14-,16?/m0/s1. The largest absolute Gasteiger partial charge is 0.342 e. The molecule has 0 radical (unpaired) electrons. The van der Waals surface area contributed by atoms with Crippen LogP contribution in [0.1, 0.15) is 25.3 Å². The Morgan fingerprint density at radius 3 is 2.72 bits per heavy atom. The van der Waals surface area contributed by atoms with Crippen molar-refractivity contribution >= 4 is 11.8 Å². The van der Waals surface area contributed by atoms with Crippen molar-refractivity contribution in [3.8, 4) is 0 Å². The van der Waals surface area contributed by atoms with Gasteiger partial charge >= 0.3 is 0 Å².